The van der Waals surface area contributed by atoms with Crippen molar-refractivity contribution in [2.45, 2.75) is 40.2 Å². The second-order valence-corrected chi connectivity index (χ2v) is 6.08. The SMILES string of the molecule is CCCOc1ccc(C(=O)NNC(=O)[C@@H](NC(C)=O)C(C)C)cc1OC. The Balaban J connectivity index is 2.75. The van der Waals surface area contributed by atoms with Crippen LogP contribution in [0.1, 0.15) is 44.5 Å². The number of rotatable bonds is 8. The summed E-state index contributed by atoms with van der Waals surface area (Å²) in [6.45, 7) is 7.44. The molecule has 8 nitrogen and oxygen atoms in total. The molecule has 0 radical (unpaired) electrons. The second kappa shape index (κ2) is 10.3. The molecule has 1 atom stereocenters. The van der Waals surface area contributed by atoms with Gasteiger partial charge in [0.2, 0.25) is 5.91 Å². The molecule has 0 saturated heterocycles. The summed E-state index contributed by atoms with van der Waals surface area (Å²) in [4.78, 5) is 35.6. The highest BCUT2D eigenvalue weighted by molar-refractivity contribution is 5.96. The van der Waals surface area contributed by atoms with E-state index in [-0.39, 0.29) is 11.8 Å². The summed E-state index contributed by atoms with van der Waals surface area (Å²) in [7, 11) is 1.48. The predicted octanol–water partition coefficient (Wildman–Crippen LogP) is 1.41. The molecule has 0 aliphatic rings. The van der Waals surface area contributed by atoms with Crippen LogP contribution in [-0.4, -0.2) is 37.5 Å². The first-order chi connectivity index (χ1) is 12.3. The fraction of sp³-hybridized carbons (Fsp3) is 0.500. The number of hydrogen-bond donors (Lipinski definition) is 3. The Hall–Kier alpha value is -2.77. The van der Waals surface area contributed by atoms with Gasteiger partial charge in [-0.1, -0.05) is 20.8 Å². The number of benzene rings is 1. The van der Waals surface area contributed by atoms with E-state index in [2.05, 4.69) is 16.2 Å². The number of nitrogens with one attached hydrogen (secondary N) is 3. The van der Waals surface area contributed by atoms with E-state index in [1.165, 1.54) is 20.1 Å². The molecular weight excluding hydrogens is 338 g/mol. The largest absolute Gasteiger partial charge is 0.493 e. The fourth-order valence-corrected chi connectivity index (χ4v) is 2.16. The van der Waals surface area contributed by atoms with Gasteiger partial charge in [-0.15, -0.1) is 0 Å². The normalized spacial score (nSPS) is 11.5. The molecular formula is C18H27N3O5. The van der Waals surface area contributed by atoms with Gasteiger partial charge in [0.15, 0.2) is 11.5 Å². The summed E-state index contributed by atoms with van der Waals surface area (Å²) in [6.07, 6.45) is 0.850. The van der Waals surface area contributed by atoms with Gasteiger partial charge in [0, 0.05) is 12.5 Å². The maximum absolute atomic E-state index is 12.2. The van der Waals surface area contributed by atoms with Crippen molar-refractivity contribution in [2.75, 3.05) is 13.7 Å². The minimum atomic E-state index is -0.743. The van der Waals surface area contributed by atoms with Gasteiger partial charge in [-0.25, -0.2) is 0 Å². The highest BCUT2D eigenvalue weighted by Crippen LogP contribution is 2.28. The molecule has 0 heterocycles. The van der Waals surface area contributed by atoms with Crippen molar-refractivity contribution in [1.29, 1.82) is 0 Å². The lowest BCUT2D eigenvalue weighted by Crippen LogP contribution is -2.54. The van der Waals surface area contributed by atoms with Crippen molar-refractivity contribution in [3.63, 3.8) is 0 Å². The average Bonchev–Trinajstić information content (AvgIpc) is 2.61. The van der Waals surface area contributed by atoms with Gasteiger partial charge in [0.25, 0.3) is 11.8 Å². The summed E-state index contributed by atoms with van der Waals surface area (Å²) < 4.78 is 10.8. The van der Waals surface area contributed by atoms with Crippen LogP contribution in [-0.2, 0) is 9.59 Å². The summed E-state index contributed by atoms with van der Waals surface area (Å²) in [5.74, 6) is -0.498. The number of carbonyl (C=O) groups is 3. The molecule has 0 aliphatic carbocycles. The number of ether oxygens (including phenoxy) is 2. The minimum Gasteiger partial charge on any atom is -0.493 e. The number of carbonyl (C=O) groups excluding carboxylic acids is 3. The Morgan fingerprint density at radius 1 is 1.12 bits per heavy atom. The maximum Gasteiger partial charge on any atom is 0.269 e. The third-order valence-electron chi connectivity index (χ3n) is 3.49. The van der Waals surface area contributed by atoms with Crippen LogP contribution in [0, 0.1) is 5.92 Å². The summed E-state index contributed by atoms with van der Waals surface area (Å²) >= 11 is 0. The molecule has 1 aromatic carbocycles. The third-order valence-corrected chi connectivity index (χ3v) is 3.49. The molecule has 0 spiro atoms. The lowest BCUT2D eigenvalue weighted by Gasteiger charge is -2.21. The molecule has 144 valence electrons. The van der Waals surface area contributed by atoms with Crippen molar-refractivity contribution in [3.05, 3.63) is 23.8 Å². The molecule has 3 N–H and O–H groups in total. The first-order valence-electron chi connectivity index (χ1n) is 8.48. The van der Waals surface area contributed by atoms with E-state index < -0.39 is 17.9 Å². The molecule has 8 heteroatoms. The van der Waals surface area contributed by atoms with Crippen LogP contribution >= 0.6 is 0 Å². The van der Waals surface area contributed by atoms with E-state index in [0.717, 1.165) is 6.42 Å². The zero-order valence-corrected chi connectivity index (χ0v) is 15.8. The van der Waals surface area contributed by atoms with Crippen LogP contribution in [0.15, 0.2) is 18.2 Å². The van der Waals surface area contributed by atoms with Crippen LogP contribution < -0.4 is 25.6 Å². The standard InChI is InChI=1S/C18H27N3O5/c1-6-9-26-14-8-7-13(10-15(14)25-5)17(23)20-21-18(24)16(11(2)3)19-12(4)22/h7-8,10-11,16H,6,9H2,1-5H3,(H,19,22)(H,20,23)(H,21,24)/t16-/m0/s1. The Morgan fingerprint density at radius 2 is 1.81 bits per heavy atom. The van der Waals surface area contributed by atoms with Crippen LogP contribution in [0.5, 0.6) is 11.5 Å². The minimum absolute atomic E-state index is 0.133. The molecule has 0 aromatic heterocycles. The van der Waals surface area contributed by atoms with Crippen molar-refractivity contribution in [2.24, 2.45) is 5.92 Å². The molecule has 0 unspecified atom stereocenters. The first kappa shape index (κ1) is 21.3. The van der Waals surface area contributed by atoms with Crippen LogP contribution in [0.25, 0.3) is 0 Å². The molecule has 0 bridgehead atoms. The Morgan fingerprint density at radius 3 is 2.35 bits per heavy atom. The number of amides is 3. The summed E-state index contributed by atoms with van der Waals surface area (Å²) in [5, 5.41) is 2.55. The van der Waals surface area contributed by atoms with Gasteiger partial charge in [-0.3, -0.25) is 25.2 Å². The van der Waals surface area contributed by atoms with Gasteiger partial charge in [-0.05, 0) is 30.5 Å². The van der Waals surface area contributed by atoms with Crippen molar-refractivity contribution in [1.82, 2.24) is 16.2 Å². The van der Waals surface area contributed by atoms with Gasteiger partial charge >= 0.3 is 0 Å². The second-order valence-electron chi connectivity index (χ2n) is 6.08. The zero-order valence-electron chi connectivity index (χ0n) is 15.8. The highest BCUT2D eigenvalue weighted by Gasteiger charge is 2.23. The monoisotopic (exact) mass is 365 g/mol. The van der Waals surface area contributed by atoms with Crippen molar-refractivity contribution in [3.8, 4) is 11.5 Å². The fourth-order valence-electron chi connectivity index (χ4n) is 2.16. The molecule has 26 heavy (non-hydrogen) atoms. The average molecular weight is 365 g/mol. The number of hydrazine groups is 1. The third kappa shape index (κ3) is 6.27. The topological polar surface area (TPSA) is 106 Å². The predicted molar refractivity (Wildman–Crippen MR) is 96.8 cm³/mol. The van der Waals surface area contributed by atoms with Gasteiger partial charge in [0.1, 0.15) is 6.04 Å². The molecule has 3 amide bonds. The summed E-state index contributed by atoms with van der Waals surface area (Å²) in [6, 6.07) is 4.00. The Labute approximate surface area is 153 Å². The molecule has 0 fully saturated rings. The molecule has 1 rings (SSSR count). The van der Waals surface area contributed by atoms with Gasteiger partial charge in [-0.2, -0.15) is 0 Å². The van der Waals surface area contributed by atoms with Crippen molar-refractivity contribution >= 4 is 17.7 Å². The Kier molecular flexibility index (Phi) is 8.41. The molecule has 0 aliphatic heterocycles. The van der Waals surface area contributed by atoms with Crippen LogP contribution in [0.4, 0.5) is 0 Å². The van der Waals surface area contributed by atoms with E-state index >= 15 is 0 Å². The van der Waals surface area contributed by atoms with E-state index in [1.54, 1.807) is 26.0 Å². The summed E-state index contributed by atoms with van der Waals surface area (Å²) in [5.41, 5.74) is 4.96. The van der Waals surface area contributed by atoms with Gasteiger partial charge in [0.05, 0.1) is 13.7 Å². The van der Waals surface area contributed by atoms with Gasteiger partial charge < -0.3 is 14.8 Å². The smallest absolute Gasteiger partial charge is 0.269 e. The van der Waals surface area contributed by atoms with E-state index in [9.17, 15) is 14.4 Å². The van der Waals surface area contributed by atoms with E-state index in [1.807, 2.05) is 6.92 Å². The lowest BCUT2D eigenvalue weighted by molar-refractivity contribution is -0.129. The lowest BCUT2D eigenvalue weighted by atomic mass is 10.0. The van der Waals surface area contributed by atoms with Crippen LogP contribution in [0.2, 0.25) is 0 Å². The zero-order chi connectivity index (χ0) is 19.7. The number of hydrogen-bond acceptors (Lipinski definition) is 5. The van der Waals surface area contributed by atoms with Crippen LogP contribution in [0.3, 0.4) is 0 Å². The first-order valence-corrected chi connectivity index (χ1v) is 8.48. The van der Waals surface area contributed by atoms with E-state index in [4.69, 9.17) is 9.47 Å². The molecule has 0 saturated carbocycles. The highest BCUT2D eigenvalue weighted by atomic mass is 16.5. The number of methoxy groups -OCH3 is 1. The van der Waals surface area contributed by atoms with E-state index in [0.29, 0.717) is 23.7 Å². The molecule has 1 aromatic rings. The van der Waals surface area contributed by atoms with Crippen molar-refractivity contribution < 1.29 is 23.9 Å². The maximum atomic E-state index is 12.2. The quantitative estimate of drug-likeness (QED) is 0.604. The Bertz CT molecular complexity index is 646.